The predicted molar refractivity (Wildman–Crippen MR) is 71.6 cm³/mol. The monoisotopic (exact) mass is 293 g/mol. The highest BCUT2D eigenvalue weighted by Crippen LogP contribution is 2.33. The molecule has 0 bridgehead atoms. The number of hydrogen-bond donors (Lipinski definition) is 1. The molecule has 0 radical (unpaired) electrons. The molecule has 0 aliphatic rings. The van der Waals surface area contributed by atoms with Crippen molar-refractivity contribution in [3.05, 3.63) is 46.9 Å². The number of nitrogen functional groups attached to an aromatic ring is 1. The second kappa shape index (κ2) is 5.10. The molecule has 0 fully saturated rings. The van der Waals surface area contributed by atoms with Gasteiger partial charge in [-0.25, -0.2) is 0 Å². The third kappa shape index (κ3) is 2.71. The van der Waals surface area contributed by atoms with Crippen LogP contribution in [0.15, 0.2) is 46.9 Å². The molecule has 0 heterocycles. The van der Waals surface area contributed by atoms with Crippen LogP contribution in [0.5, 0.6) is 17.2 Å². The van der Waals surface area contributed by atoms with E-state index in [0.717, 1.165) is 4.47 Å². The Morgan fingerprint density at radius 2 is 1.76 bits per heavy atom. The third-order valence-electron chi connectivity index (χ3n) is 2.27. The second-order valence-electron chi connectivity index (χ2n) is 3.44. The molecule has 0 aliphatic carbocycles. The van der Waals surface area contributed by atoms with E-state index in [1.807, 2.05) is 36.4 Å². The molecule has 0 amide bonds. The van der Waals surface area contributed by atoms with E-state index < -0.39 is 0 Å². The van der Waals surface area contributed by atoms with E-state index in [-0.39, 0.29) is 0 Å². The van der Waals surface area contributed by atoms with E-state index in [2.05, 4.69) is 15.9 Å². The fourth-order valence-corrected chi connectivity index (χ4v) is 1.76. The number of ether oxygens (including phenoxy) is 2. The molecule has 0 saturated heterocycles. The molecular weight excluding hydrogens is 282 g/mol. The SMILES string of the molecule is COc1ccccc1Oc1ccc(N)c(Br)c1. The Labute approximate surface area is 108 Å². The maximum Gasteiger partial charge on any atom is 0.169 e. The van der Waals surface area contributed by atoms with Crippen molar-refractivity contribution in [2.24, 2.45) is 0 Å². The quantitative estimate of drug-likeness (QED) is 0.875. The van der Waals surface area contributed by atoms with Gasteiger partial charge in [-0.05, 0) is 46.3 Å². The van der Waals surface area contributed by atoms with Crippen LogP contribution in [0, 0.1) is 0 Å². The third-order valence-corrected chi connectivity index (χ3v) is 2.96. The number of benzene rings is 2. The summed E-state index contributed by atoms with van der Waals surface area (Å²) >= 11 is 3.36. The van der Waals surface area contributed by atoms with Crippen molar-refractivity contribution < 1.29 is 9.47 Å². The van der Waals surface area contributed by atoms with Crippen LogP contribution in [0.4, 0.5) is 5.69 Å². The summed E-state index contributed by atoms with van der Waals surface area (Å²) < 4.78 is 11.7. The lowest BCUT2D eigenvalue weighted by molar-refractivity contribution is 0.379. The number of nitrogens with two attached hydrogens (primary N) is 1. The number of para-hydroxylation sites is 2. The molecule has 88 valence electrons. The van der Waals surface area contributed by atoms with Crippen LogP contribution in [0.25, 0.3) is 0 Å². The van der Waals surface area contributed by atoms with E-state index in [1.165, 1.54) is 0 Å². The summed E-state index contributed by atoms with van der Waals surface area (Å²) in [6, 6.07) is 12.9. The van der Waals surface area contributed by atoms with E-state index in [9.17, 15) is 0 Å². The first-order chi connectivity index (χ1) is 8.20. The Morgan fingerprint density at radius 3 is 2.41 bits per heavy atom. The molecule has 0 aliphatic heterocycles. The van der Waals surface area contributed by atoms with Crippen LogP contribution in [-0.2, 0) is 0 Å². The lowest BCUT2D eigenvalue weighted by Crippen LogP contribution is -1.91. The molecule has 17 heavy (non-hydrogen) atoms. The van der Waals surface area contributed by atoms with Crippen LogP contribution in [0.3, 0.4) is 0 Å². The summed E-state index contributed by atoms with van der Waals surface area (Å²) in [6.07, 6.45) is 0. The Kier molecular flexibility index (Phi) is 3.54. The molecule has 0 spiro atoms. The predicted octanol–water partition coefficient (Wildman–Crippen LogP) is 3.83. The molecular formula is C13H12BrNO2. The van der Waals surface area contributed by atoms with Gasteiger partial charge in [0.15, 0.2) is 11.5 Å². The van der Waals surface area contributed by atoms with Crippen molar-refractivity contribution in [1.82, 2.24) is 0 Å². The fourth-order valence-electron chi connectivity index (χ4n) is 1.40. The Hall–Kier alpha value is -1.68. The number of rotatable bonds is 3. The molecule has 0 aromatic heterocycles. The minimum absolute atomic E-state index is 0.673. The van der Waals surface area contributed by atoms with Crippen molar-refractivity contribution in [2.45, 2.75) is 0 Å². The summed E-state index contributed by atoms with van der Waals surface area (Å²) in [4.78, 5) is 0. The number of methoxy groups -OCH3 is 1. The standard InChI is InChI=1S/C13H12BrNO2/c1-16-12-4-2-3-5-13(12)17-9-6-7-11(15)10(14)8-9/h2-8H,15H2,1H3. The normalized spacial score (nSPS) is 10.0. The molecule has 2 aromatic rings. The van der Waals surface area contributed by atoms with E-state index in [0.29, 0.717) is 22.9 Å². The van der Waals surface area contributed by atoms with Crippen molar-refractivity contribution in [3.8, 4) is 17.2 Å². The first-order valence-electron chi connectivity index (χ1n) is 5.06. The average molecular weight is 294 g/mol. The van der Waals surface area contributed by atoms with E-state index >= 15 is 0 Å². The topological polar surface area (TPSA) is 44.5 Å². The molecule has 0 unspecified atom stereocenters. The average Bonchev–Trinajstić information content (AvgIpc) is 2.34. The lowest BCUT2D eigenvalue weighted by atomic mass is 10.3. The van der Waals surface area contributed by atoms with Crippen molar-refractivity contribution >= 4 is 21.6 Å². The summed E-state index contributed by atoms with van der Waals surface area (Å²) in [5, 5.41) is 0. The van der Waals surface area contributed by atoms with Crippen LogP contribution in [-0.4, -0.2) is 7.11 Å². The highest BCUT2D eigenvalue weighted by molar-refractivity contribution is 9.10. The molecule has 0 atom stereocenters. The molecule has 2 rings (SSSR count). The number of halogens is 1. The maximum absolute atomic E-state index is 5.73. The summed E-state index contributed by atoms with van der Waals surface area (Å²) in [5.74, 6) is 2.07. The Morgan fingerprint density at radius 1 is 1.06 bits per heavy atom. The number of anilines is 1. The van der Waals surface area contributed by atoms with Gasteiger partial charge in [-0.3, -0.25) is 0 Å². The molecule has 2 aromatic carbocycles. The van der Waals surface area contributed by atoms with Crippen LogP contribution >= 0.6 is 15.9 Å². The van der Waals surface area contributed by atoms with Gasteiger partial charge in [0.25, 0.3) is 0 Å². The van der Waals surface area contributed by atoms with Gasteiger partial charge in [-0.15, -0.1) is 0 Å². The smallest absolute Gasteiger partial charge is 0.169 e. The number of hydrogen-bond acceptors (Lipinski definition) is 3. The lowest BCUT2D eigenvalue weighted by Gasteiger charge is -2.10. The van der Waals surface area contributed by atoms with Gasteiger partial charge in [-0.1, -0.05) is 12.1 Å². The van der Waals surface area contributed by atoms with Crippen LogP contribution in [0.2, 0.25) is 0 Å². The van der Waals surface area contributed by atoms with Gasteiger partial charge in [0.1, 0.15) is 5.75 Å². The Balaban J connectivity index is 2.28. The van der Waals surface area contributed by atoms with Gasteiger partial charge in [0, 0.05) is 10.2 Å². The van der Waals surface area contributed by atoms with Crippen molar-refractivity contribution in [1.29, 1.82) is 0 Å². The summed E-state index contributed by atoms with van der Waals surface area (Å²) in [5.41, 5.74) is 6.39. The molecule has 3 nitrogen and oxygen atoms in total. The van der Waals surface area contributed by atoms with E-state index in [1.54, 1.807) is 13.2 Å². The highest BCUT2D eigenvalue weighted by Gasteiger charge is 2.05. The summed E-state index contributed by atoms with van der Waals surface area (Å²) in [7, 11) is 1.61. The van der Waals surface area contributed by atoms with Crippen molar-refractivity contribution in [3.63, 3.8) is 0 Å². The highest BCUT2D eigenvalue weighted by atomic mass is 79.9. The van der Waals surface area contributed by atoms with Gasteiger partial charge in [0.05, 0.1) is 7.11 Å². The molecule has 2 N–H and O–H groups in total. The van der Waals surface area contributed by atoms with Gasteiger partial charge >= 0.3 is 0 Å². The fraction of sp³-hybridized carbons (Fsp3) is 0.0769. The zero-order chi connectivity index (χ0) is 12.3. The first kappa shape index (κ1) is 11.8. The zero-order valence-electron chi connectivity index (χ0n) is 9.31. The second-order valence-corrected chi connectivity index (χ2v) is 4.29. The molecule has 0 saturated carbocycles. The summed E-state index contributed by atoms with van der Waals surface area (Å²) in [6.45, 7) is 0. The van der Waals surface area contributed by atoms with Crippen LogP contribution < -0.4 is 15.2 Å². The van der Waals surface area contributed by atoms with Gasteiger partial charge in [-0.2, -0.15) is 0 Å². The maximum atomic E-state index is 5.73. The zero-order valence-corrected chi connectivity index (χ0v) is 10.9. The van der Waals surface area contributed by atoms with Crippen LogP contribution in [0.1, 0.15) is 0 Å². The van der Waals surface area contributed by atoms with Gasteiger partial charge in [0.2, 0.25) is 0 Å². The Bertz CT molecular complexity index is 529. The van der Waals surface area contributed by atoms with E-state index in [4.69, 9.17) is 15.2 Å². The largest absolute Gasteiger partial charge is 0.493 e. The van der Waals surface area contributed by atoms with Crippen molar-refractivity contribution in [2.75, 3.05) is 12.8 Å². The minimum atomic E-state index is 0.673. The molecule has 4 heteroatoms. The van der Waals surface area contributed by atoms with Gasteiger partial charge < -0.3 is 15.2 Å². The first-order valence-corrected chi connectivity index (χ1v) is 5.86. The minimum Gasteiger partial charge on any atom is -0.493 e.